The minimum atomic E-state index is -0.788. The summed E-state index contributed by atoms with van der Waals surface area (Å²) in [5, 5.41) is 2.90. The molecule has 0 radical (unpaired) electrons. The molecule has 35 heavy (non-hydrogen) atoms. The first-order valence-corrected chi connectivity index (χ1v) is 13.1. The lowest BCUT2D eigenvalue weighted by Gasteiger charge is -2.34. The zero-order chi connectivity index (χ0) is 24.8. The molecule has 2 aromatic rings. The van der Waals surface area contributed by atoms with Crippen LogP contribution in [0.25, 0.3) is 0 Å². The summed E-state index contributed by atoms with van der Waals surface area (Å²) in [6.45, 7) is 4.75. The van der Waals surface area contributed by atoms with E-state index in [1.165, 1.54) is 5.56 Å². The monoisotopic (exact) mass is 478 g/mol. The second-order valence-corrected chi connectivity index (χ2v) is 10.4. The molecule has 7 heteroatoms. The summed E-state index contributed by atoms with van der Waals surface area (Å²) in [6.07, 6.45) is 8.49. The van der Waals surface area contributed by atoms with Crippen molar-refractivity contribution in [2.24, 2.45) is 5.92 Å². The van der Waals surface area contributed by atoms with Crippen molar-refractivity contribution in [2.45, 2.75) is 89.6 Å². The number of hydrogen-bond acceptors (Lipinski definition) is 4. The van der Waals surface area contributed by atoms with Crippen LogP contribution in [-0.2, 0) is 20.8 Å². The number of nitrogens with zero attached hydrogens (tertiary/aromatic N) is 2. The van der Waals surface area contributed by atoms with Crippen LogP contribution in [0.4, 0.5) is 0 Å². The lowest BCUT2D eigenvalue weighted by molar-refractivity contribution is -0.138. The van der Waals surface area contributed by atoms with Gasteiger partial charge in [-0.05, 0) is 50.5 Å². The molecule has 188 valence electrons. The van der Waals surface area contributed by atoms with Gasteiger partial charge in [-0.2, -0.15) is 0 Å². The van der Waals surface area contributed by atoms with Gasteiger partial charge in [-0.1, -0.05) is 37.3 Å². The van der Waals surface area contributed by atoms with E-state index in [1.54, 1.807) is 0 Å². The van der Waals surface area contributed by atoms with Gasteiger partial charge in [-0.15, -0.1) is 0 Å². The van der Waals surface area contributed by atoms with Crippen LogP contribution in [0.5, 0.6) is 0 Å². The standard InChI is InChI=1S/C28H38N4O3/c1-19(28-29-18-23(30-28)15-21-9-4-3-5-10-21)14-25(33)24(31-26(34)16-22-11-12-22)17-27(35)32-13-7-6-8-20(32)2/h3-5,9-10,18-20,22,24H,6-8,11-17H2,1-2H3,(H,29,30)(H,31,34)/t19-,20+,24+/m1/s1. The molecule has 2 amide bonds. The number of rotatable bonds is 11. The summed E-state index contributed by atoms with van der Waals surface area (Å²) in [5.74, 6) is 0.760. The third-order valence-electron chi connectivity index (χ3n) is 7.26. The van der Waals surface area contributed by atoms with E-state index < -0.39 is 6.04 Å². The number of carbonyl (C=O) groups excluding carboxylic acids is 3. The minimum absolute atomic E-state index is 0.0315. The van der Waals surface area contributed by atoms with E-state index in [-0.39, 0.29) is 42.4 Å². The summed E-state index contributed by atoms with van der Waals surface area (Å²) < 4.78 is 0. The van der Waals surface area contributed by atoms with Crippen molar-refractivity contribution in [3.63, 3.8) is 0 Å². The first kappa shape index (κ1) is 25.1. The molecule has 2 N–H and O–H groups in total. The third-order valence-corrected chi connectivity index (χ3v) is 7.26. The van der Waals surface area contributed by atoms with E-state index in [0.717, 1.165) is 56.6 Å². The van der Waals surface area contributed by atoms with Crippen LogP contribution in [0.3, 0.4) is 0 Å². The molecule has 1 aliphatic heterocycles. The highest BCUT2D eigenvalue weighted by Gasteiger charge is 2.32. The molecule has 0 spiro atoms. The number of benzene rings is 1. The van der Waals surface area contributed by atoms with Crippen LogP contribution < -0.4 is 5.32 Å². The largest absolute Gasteiger partial charge is 0.346 e. The van der Waals surface area contributed by atoms with Crippen LogP contribution in [0, 0.1) is 5.92 Å². The number of piperidine rings is 1. The number of ketones is 1. The second kappa shape index (κ2) is 11.6. The molecular weight excluding hydrogens is 440 g/mol. The van der Waals surface area contributed by atoms with Gasteiger partial charge >= 0.3 is 0 Å². The van der Waals surface area contributed by atoms with E-state index in [4.69, 9.17) is 0 Å². The smallest absolute Gasteiger partial charge is 0.225 e. The predicted molar refractivity (Wildman–Crippen MR) is 135 cm³/mol. The van der Waals surface area contributed by atoms with E-state index in [0.29, 0.717) is 12.3 Å². The number of amides is 2. The van der Waals surface area contributed by atoms with Crippen molar-refractivity contribution >= 4 is 17.6 Å². The number of carbonyl (C=O) groups is 3. The number of likely N-dealkylation sites (tertiary alicyclic amines) is 1. The molecule has 1 aliphatic carbocycles. The number of nitrogens with one attached hydrogen (secondary N) is 2. The molecule has 1 saturated heterocycles. The van der Waals surface area contributed by atoms with Crippen molar-refractivity contribution < 1.29 is 14.4 Å². The molecule has 3 atom stereocenters. The molecule has 1 saturated carbocycles. The highest BCUT2D eigenvalue weighted by Crippen LogP contribution is 2.32. The maximum absolute atomic E-state index is 13.3. The molecule has 0 unspecified atom stereocenters. The van der Waals surface area contributed by atoms with Crippen LogP contribution >= 0.6 is 0 Å². The Morgan fingerprint density at radius 2 is 1.89 bits per heavy atom. The maximum atomic E-state index is 13.3. The summed E-state index contributed by atoms with van der Waals surface area (Å²) >= 11 is 0. The van der Waals surface area contributed by atoms with Crippen LogP contribution in [0.15, 0.2) is 36.5 Å². The number of aromatic nitrogens is 2. The molecule has 1 aromatic carbocycles. The van der Waals surface area contributed by atoms with Gasteiger partial charge in [0.2, 0.25) is 11.8 Å². The summed E-state index contributed by atoms with van der Waals surface area (Å²) in [6, 6.07) is 9.55. The Morgan fingerprint density at radius 3 is 2.60 bits per heavy atom. The fourth-order valence-electron chi connectivity index (χ4n) is 4.92. The first-order valence-electron chi connectivity index (χ1n) is 13.1. The van der Waals surface area contributed by atoms with Gasteiger partial charge in [0.25, 0.3) is 0 Å². The van der Waals surface area contributed by atoms with E-state index in [1.807, 2.05) is 36.2 Å². The van der Waals surface area contributed by atoms with Gasteiger partial charge in [-0.25, -0.2) is 4.98 Å². The lowest BCUT2D eigenvalue weighted by atomic mass is 9.96. The first-order chi connectivity index (χ1) is 16.9. The van der Waals surface area contributed by atoms with Gasteiger partial charge in [0.15, 0.2) is 5.78 Å². The molecule has 1 aromatic heterocycles. The SMILES string of the molecule is C[C@H](CC(=O)[C@H](CC(=O)N1CCCC[C@@H]1C)NC(=O)CC1CC1)c1ncc(Cc2ccccc2)[nH]1. The average Bonchev–Trinajstić information content (AvgIpc) is 3.53. The highest BCUT2D eigenvalue weighted by atomic mass is 16.2. The average molecular weight is 479 g/mol. The zero-order valence-corrected chi connectivity index (χ0v) is 21.0. The van der Waals surface area contributed by atoms with Crippen LogP contribution in [0.1, 0.15) is 88.2 Å². The number of Topliss-reactive ketones (excluding diaryl/α,β-unsaturated/α-hetero) is 1. The normalized spacial score (nSPS) is 19.7. The fourth-order valence-corrected chi connectivity index (χ4v) is 4.92. The Labute approximate surface area is 208 Å². The Hall–Kier alpha value is -2.96. The lowest BCUT2D eigenvalue weighted by Crippen LogP contribution is -2.48. The van der Waals surface area contributed by atoms with Gasteiger partial charge < -0.3 is 15.2 Å². The van der Waals surface area contributed by atoms with Crippen molar-refractivity contribution in [3.8, 4) is 0 Å². The van der Waals surface area contributed by atoms with Gasteiger partial charge in [-0.3, -0.25) is 14.4 Å². The van der Waals surface area contributed by atoms with Crippen LogP contribution in [0.2, 0.25) is 0 Å². The summed E-state index contributed by atoms with van der Waals surface area (Å²) in [5.41, 5.74) is 2.18. The Balaban J connectivity index is 1.38. The number of H-pyrrole nitrogens is 1. The van der Waals surface area contributed by atoms with E-state index in [9.17, 15) is 14.4 Å². The minimum Gasteiger partial charge on any atom is -0.346 e. The van der Waals surface area contributed by atoms with E-state index in [2.05, 4.69) is 34.3 Å². The summed E-state index contributed by atoms with van der Waals surface area (Å²) in [7, 11) is 0. The molecule has 4 rings (SSSR count). The Kier molecular flexibility index (Phi) is 8.37. The quantitative estimate of drug-likeness (QED) is 0.507. The third kappa shape index (κ3) is 7.26. The Bertz CT molecular complexity index is 1010. The maximum Gasteiger partial charge on any atom is 0.225 e. The highest BCUT2D eigenvalue weighted by molar-refractivity contribution is 5.93. The van der Waals surface area contributed by atoms with Crippen molar-refractivity contribution in [1.29, 1.82) is 0 Å². The summed E-state index contributed by atoms with van der Waals surface area (Å²) in [4.78, 5) is 48.7. The number of aromatic amines is 1. The molecular formula is C28H38N4O3. The predicted octanol–water partition coefficient (Wildman–Crippen LogP) is 4.14. The van der Waals surface area contributed by atoms with Crippen molar-refractivity contribution in [1.82, 2.24) is 20.2 Å². The van der Waals surface area contributed by atoms with Crippen LogP contribution in [-0.4, -0.2) is 51.1 Å². The number of imidazole rings is 1. The van der Waals surface area contributed by atoms with Crippen molar-refractivity contribution in [2.75, 3.05) is 6.54 Å². The van der Waals surface area contributed by atoms with E-state index >= 15 is 0 Å². The molecule has 2 heterocycles. The number of hydrogen-bond donors (Lipinski definition) is 2. The van der Waals surface area contributed by atoms with Gasteiger partial charge in [0.1, 0.15) is 5.82 Å². The Morgan fingerprint density at radius 1 is 1.11 bits per heavy atom. The molecule has 0 bridgehead atoms. The van der Waals surface area contributed by atoms with Gasteiger partial charge in [0.05, 0.1) is 12.5 Å². The molecule has 2 aliphatic rings. The van der Waals surface area contributed by atoms with Gasteiger partial charge in [0, 0.05) is 49.7 Å². The molecule has 2 fully saturated rings. The zero-order valence-electron chi connectivity index (χ0n) is 21.0. The fraction of sp³-hybridized carbons (Fsp3) is 0.571. The second-order valence-electron chi connectivity index (χ2n) is 10.4. The molecule has 7 nitrogen and oxygen atoms in total. The topological polar surface area (TPSA) is 95.2 Å². The van der Waals surface area contributed by atoms with Crippen molar-refractivity contribution in [3.05, 3.63) is 53.6 Å².